The van der Waals surface area contributed by atoms with E-state index in [0.29, 0.717) is 28.3 Å². The van der Waals surface area contributed by atoms with Crippen LogP contribution in [0.15, 0.2) is 18.6 Å². The molecule has 234 valence electrons. The normalized spacial score (nSPS) is 22.1. The zero-order valence-electron chi connectivity index (χ0n) is 24.9. The molecule has 4 rings (SSSR count). The number of hydrogen-bond acceptors (Lipinski definition) is 8. The van der Waals surface area contributed by atoms with Crippen molar-refractivity contribution < 1.29 is 37.0 Å². The van der Waals surface area contributed by atoms with Crippen molar-refractivity contribution in [3.05, 3.63) is 29.7 Å². The van der Waals surface area contributed by atoms with Crippen molar-refractivity contribution >= 4 is 28.5 Å². The summed E-state index contributed by atoms with van der Waals surface area (Å²) < 4.78 is 49.5. The van der Waals surface area contributed by atoms with Crippen molar-refractivity contribution in [2.24, 2.45) is 17.3 Å². The number of carbonyl (C=O) groups excluding carboxylic acids is 3. The highest BCUT2D eigenvalue weighted by Crippen LogP contribution is 2.65. The summed E-state index contributed by atoms with van der Waals surface area (Å²) in [5, 5.41) is 15.7. The molecule has 44 heavy (non-hydrogen) atoms. The molecule has 1 unspecified atom stereocenters. The quantitative estimate of drug-likeness (QED) is 0.387. The summed E-state index contributed by atoms with van der Waals surface area (Å²) in [6.07, 6.45) is 4.64. The Morgan fingerprint density at radius 2 is 1.93 bits per heavy atom. The van der Waals surface area contributed by atoms with Crippen LogP contribution < -0.4 is 15.4 Å². The molecule has 0 bridgehead atoms. The molecule has 2 N–H and O–H groups in total. The molecule has 2 aliphatic rings. The van der Waals surface area contributed by atoms with Crippen molar-refractivity contribution in [3.8, 4) is 24.3 Å². The maximum atomic E-state index is 13.7. The van der Waals surface area contributed by atoms with Crippen LogP contribution in [-0.4, -0.2) is 83.8 Å². The van der Waals surface area contributed by atoms with Crippen LogP contribution in [0.25, 0.3) is 10.8 Å². The third-order valence-electron chi connectivity index (χ3n) is 8.76. The lowest BCUT2D eigenvalue weighted by atomic mass is 9.97. The molecule has 3 heterocycles. The minimum atomic E-state index is -5.22. The van der Waals surface area contributed by atoms with Gasteiger partial charge in [0.1, 0.15) is 18.1 Å². The minimum Gasteiger partial charge on any atom is -0.480 e. The first kappa shape index (κ1) is 32.5. The van der Waals surface area contributed by atoms with Gasteiger partial charge in [0, 0.05) is 43.0 Å². The number of carbonyl (C=O) groups is 3. The number of likely N-dealkylation sites (tertiary alicyclic amines) is 1. The van der Waals surface area contributed by atoms with Gasteiger partial charge in [-0.3, -0.25) is 19.4 Å². The van der Waals surface area contributed by atoms with Crippen LogP contribution >= 0.6 is 0 Å². The minimum absolute atomic E-state index is 0.0907. The van der Waals surface area contributed by atoms with Crippen LogP contribution in [0.3, 0.4) is 0 Å². The number of halogens is 3. The molecule has 2 aromatic rings. The lowest BCUT2D eigenvalue weighted by Crippen LogP contribution is -2.60. The number of alkyl halides is 3. The predicted octanol–water partition coefficient (Wildman–Crippen LogP) is 2.13. The van der Waals surface area contributed by atoms with Gasteiger partial charge >= 0.3 is 12.1 Å². The van der Waals surface area contributed by atoms with Crippen LogP contribution in [0.4, 0.5) is 13.2 Å². The number of piperidine rings is 1. The highest BCUT2D eigenvalue weighted by atomic mass is 19.4. The molecule has 0 radical (unpaired) electrons. The van der Waals surface area contributed by atoms with Crippen molar-refractivity contribution in [1.82, 2.24) is 25.5 Å². The third kappa shape index (κ3) is 5.99. The van der Waals surface area contributed by atoms with Gasteiger partial charge < -0.3 is 25.0 Å². The summed E-state index contributed by atoms with van der Waals surface area (Å²) in [5.74, 6) is -1.31. The Labute approximate surface area is 252 Å². The molecule has 1 aliphatic carbocycles. The maximum Gasteiger partial charge on any atom is 0.471 e. The standard InChI is InChI=1S/C30H33F3N6O5/c1-7-19-21-16(11-35-12-17(21)13-36-26(19)44-6)8-9-18(10-34)37-25(40)24-22-20(29(22,3)4)14-39(24)27(41)23(15(2)43-5)38-28(42)30(31,32)33/h1,11-13,15,18,20,22-24H,8-9,14H2,2-6H3,(H,37,40)(H,38,42)/t15-,18?,20+,22+,23+,24+/m1/s1. The number of fused-ring (bicyclic) bond motifs is 2. The first-order valence-corrected chi connectivity index (χ1v) is 13.9. The Morgan fingerprint density at radius 1 is 1.23 bits per heavy atom. The molecular weight excluding hydrogens is 581 g/mol. The summed E-state index contributed by atoms with van der Waals surface area (Å²) in [6.45, 7) is 5.33. The second-order valence-electron chi connectivity index (χ2n) is 11.6. The number of nitrogens with zero attached hydrogens (tertiary/aromatic N) is 4. The number of rotatable bonds is 10. The van der Waals surface area contributed by atoms with Crippen molar-refractivity contribution in [2.75, 3.05) is 20.8 Å². The topological polar surface area (TPSA) is 147 Å². The van der Waals surface area contributed by atoms with Crippen LogP contribution in [0.2, 0.25) is 0 Å². The van der Waals surface area contributed by atoms with Crippen LogP contribution in [0.1, 0.15) is 38.3 Å². The number of nitrogens with one attached hydrogen (secondary N) is 2. The highest BCUT2D eigenvalue weighted by molar-refractivity contribution is 5.95. The molecule has 1 saturated heterocycles. The van der Waals surface area contributed by atoms with Crippen molar-refractivity contribution in [2.45, 2.75) is 64.0 Å². The fourth-order valence-corrected chi connectivity index (χ4v) is 6.16. The first-order chi connectivity index (χ1) is 20.7. The monoisotopic (exact) mass is 614 g/mol. The van der Waals surface area contributed by atoms with Gasteiger partial charge in [0.25, 0.3) is 0 Å². The molecule has 11 nitrogen and oxygen atoms in total. The molecule has 3 amide bonds. The van der Waals surface area contributed by atoms with Gasteiger partial charge in [-0.25, -0.2) is 4.98 Å². The molecule has 2 fully saturated rings. The molecule has 14 heteroatoms. The molecule has 2 aromatic heterocycles. The Morgan fingerprint density at radius 3 is 2.52 bits per heavy atom. The molecule has 1 saturated carbocycles. The van der Waals surface area contributed by atoms with Gasteiger partial charge in [-0.2, -0.15) is 18.4 Å². The van der Waals surface area contributed by atoms with Crippen LogP contribution in [-0.2, 0) is 25.5 Å². The van der Waals surface area contributed by atoms with Crippen molar-refractivity contribution in [1.29, 1.82) is 5.26 Å². The van der Waals surface area contributed by atoms with Crippen LogP contribution in [0.5, 0.6) is 5.88 Å². The smallest absolute Gasteiger partial charge is 0.471 e. The second-order valence-corrected chi connectivity index (χ2v) is 11.6. The average Bonchev–Trinajstić information content (AvgIpc) is 3.30. The summed E-state index contributed by atoms with van der Waals surface area (Å²) in [4.78, 5) is 48.6. The molecule has 1 aliphatic heterocycles. The number of aryl methyl sites for hydroxylation is 1. The summed E-state index contributed by atoms with van der Waals surface area (Å²) in [5.41, 5.74) is 0.828. The second kappa shape index (κ2) is 12.3. The van der Waals surface area contributed by atoms with Gasteiger partial charge in [0.15, 0.2) is 0 Å². The molecule has 0 aromatic carbocycles. The number of ether oxygens (including phenoxy) is 2. The van der Waals surface area contributed by atoms with E-state index in [1.165, 1.54) is 26.0 Å². The fraction of sp³-hybridized carbons (Fsp3) is 0.533. The zero-order chi connectivity index (χ0) is 32.6. The first-order valence-electron chi connectivity index (χ1n) is 13.9. The molecular formula is C30H33F3N6O5. The number of pyridine rings is 2. The van der Waals surface area contributed by atoms with Gasteiger partial charge in [-0.05, 0) is 42.6 Å². The maximum absolute atomic E-state index is 13.7. The predicted molar refractivity (Wildman–Crippen MR) is 151 cm³/mol. The lowest BCUT2D eigenvalue weighted by Gasteiger charge is -2.34. The summed E-state index contributed by atoms with van der Waals surface area (Å²) >= 11 is 0. The third-order valence-corrected chi connectivity index (χ3v) is 8.76. The number of nitriles is 1. The van der Waals surface area contributed by atoms with E-state index < -0.39 is 48.1 Å². The van der Waals surface area contributed by atoms with Crippen molar-refractivity contribution in [3.63, 3.8) is 0 Å². The van der Waals surface area contributed by atoms with Crippen LogP contribution in [0, 0.1) is 40.9 Å². The number of amides is 3. The number of aromatic nitrogens is 2. The number of terminal acetylenes is 1. The largest absolute Gasteiger partial charge is 0.480 e. The van der Waals surface area contributed by atoms with E-state index in [1.54, 1.807) is 23.9 Å². The molecule has 6 atom stereocenters. The van der Waals surface area contributed by atoms with E-state index in [-0.39, 0.29) is 36.1 Å². The van der Waals surface area contributed by atoms with Gasteiger partial charge in [-0.1, -0.05) is 19.8 Å². The number of hydrogen-bond donors (Lipinski definition) is 2. The van der Waals surface area contributed by atoms with E-state index >= 15 is 0 Å². The van der Waals surface area contributed by atoms with E-state index in [0.717, 1.165) is 0 Å². The van der Waals surface area contributed by atoms with E-state index in [2.05, 4.69) is 27.3 Å². The van der Waals surface area contributed by atoms with Gasteiger partial charge in [0.05, 0.1) is 24.8 Å². The Balaban J connectivity index is 1.54. The van der Waals surface area contributed by atoms with E-state index in [4.69, 9.17) is 15.9 Å². The SMILES string of the molecule is C#Cc1c(OC)ncc2cncc(CCC(C#N)NC(=O)[C@@H]3[C@@H]4[C@H](CN3C(=O)[C@@H](NC(=O)C(F)(F)F)[C@@H](C)OC)C4(C)C)c12. The van der Waals surface area contributed by atoms with E-state index in [1.807, 2.05) is 13.8 Å². The summed E-state index contributed by atoms with van der Waals surface area (Å²) in [7, 11) is 2.64. The Bertz CT molecular complexity index is 1550. The Hall–Kier alpha value is -4.43. The molecule has 0 spiro atoms. The van der Waals surface area contributed by atoms with Gasteiger partial charge in [-0.15, -0.1) is 6.42 Å². The Kier molecular flexibility index (Phi) is 9.07. The highest BCUT2D eigenvalue weighted by Gasteiger charge is 2.69. The zero-order valence-corrected chi connectivity index (χ0v) is 24.9. The number of methoxy groups -OCH3 is 2. The fourth-order valence-electron chi connectivity index (χ4n) is 6.16. The average molecular weight is 615 g/mol. The van der Waals surface area contributed by atoms with E-state index in [9.17, 15) is 32.8 Å². The lowest BCUT2D eigenvalue weighted by molar-refractivity contribution is -0.176. The van der Waals surface area contributed by atoms with Gasteiger partial charge in [0.2, 0.25) is 17.7 Å². The summed E-state index contributed by atoms with van der Waals surface area (Å²) in [6, 6.07) is -1.65.